The molecule has 0 spiro atoms. The smallest absolute Gasteiger partial charge is 0.314 e. The van der Waals surface area contributed by atoms with Crippen molar-refractivity contribution in [2.45, 2.75) is 32.6 Å². The highest BCUT2D eigenvalue weighted by molar-refractivity contribution is 5.78. The van der Waals surface area contributed by atoms with Crippen molar-refractivity contribution in [3.05, 3.63) is 35.9 Å². The highest BCUT2D eigenvalue weighted by Gasteiger charge is 2.27. The zero-order valence-electron chi connectivity index (χ0n) is 13.4. The molecule has 0 amide bonds. The van der Waals surface area contributed by atoms with E-state index in [0.29, 0.717) is 0 Å². The highest BCUT2D eigenvalue weighted by Crippen LogP contribution is 2.26. The number of hydrogen-bond donors (Lipinski definition) is 0. The quantitative estimate of drug-likeness (QED) is 0.779. The molecule has 1 unspecified atom stereocenters. The van der Waals surface area contributed by atoms with Crippen LogP contribution in [0.2, 0.25) is 0 Å². The molecular formula is C18H27NO2. The summed E-state index contributed by atoms with van der Waals surface area (Å²) in [7, 11) is 1.48. The molecule has 2 rings (SSSR count). The van der Waals surface area contributed by atoms with E-state index in [1.807, 2.05) is 30.3 Å². The maximum absolute atomic E-state index is 12.1. The van der Waals surface area contributed by atoms with Crippen LogP contribution >= 0.6 is 0 Å². The number of piperidine rings is 1. The molecule has 0 radical (unpaired) electrons. The summed E-state index contributed by atoms with van der Waals surface area (Å²) in [6.45, 7) is 7.55. The molecule has 3 heteroatoms. The van der Waals surface area contributed by atoms with Gasteiger partial charge in [0, 0.05) is 6.54 Å². The molecule has 1 atom stereocenters. The predicted octanol–water partition coefficient (Wildman–Crippen LogP) is 3.31. The SMILES string of the molecule is COC(=O)C(CN1CCC(C(C)C)CC1)c1ccccc1. The monoisotopic (exact) mass is 289 g/mol. The Labute approximate surface area is 128 Å². The Bertz CT molecular complexity index is 436. The van der Waals surface area contributed by atoms with Crippen molar-refractivity contribution in [3.8, 4) is 0 Å². The number of ether oxygens (including phenoxy) is 1. The van der Waals surface area contributed by atoms with E-state index in [-0.39, 0.29) is 11.9 Å². The Morgan fingerprint density at radius 2 is 1.86 bits per heavy atom. The molecular weight excluding hydrogens is 262 g/mol. The molecule has 1 aromatic carbocycles. The minimum absolute atomic E-state index is 0.132. The van der Waals surface area contributed by atoms with Crippen LogP contribution in [0.15, 0.2) is 30.3 Å². The number of likely N-dealkylation sites (tertiary alicyclic amines) is 1. The Balaban J connectivity index is 1.99. The van der Waals surface area contributed by atoms with Gasteiger partial charge in [0.05, 0.1) is 13.0 Å². The van der Waals surface area contributed by atoms with Crippen LogP contribution in [0, 0.1) is 11.8 Å². The lowest BCUT2D eigenvalue weighted by Crippen LogP contribution is -2.39. The third kappa shape index (κ3) is 4.31. The number of benzene rings is 1. The predicted molar refractivity (Wildman–Crippen MR) is 85.2 cm³/mol. The molecule has 1 saturated heterocycles. The first-order valence-corrected chi connectivity index (χ1v) is 7.97. The second-order valence-corrected chi connectivity index (χ2v) is 6.37. The molecule has 1 aromatic rings. The van der Waals surface area contributed by atoms with Gasteiger partial charge in [-0.15, -0.1) is 0 Å². The fourth-order valence-electron chi connectivity index (χ4n) is 3.20. The van der Waals surface area contributed by atoms with Crippen molar-refractivity contribution in [3.63, 3.8) is 0 Å². The maximum atomic E-state index is 12.1. The van der Waals surface area contributed by atoms with Crippen LogP contribution in [0.5, 0.6) is 0 Å². The first kappa shape index (κ1) is 16.0. The summed E-state index contributed by atoms with van der Waals surface area (Å²) in [5.41, 5.74) is 1.05. The molecule has 3 nitrogen and oxygen atoms in total. The minimum Gasteiger partial charge on any atom is -0.469 e. The van der Waals surface area contributed by atoms with Gasteiger partial charge in [-0.25, -0.2) is 0 Å². The van der Waals surface area contributed by atoms with Crippen molar-refractivity contribution in [2.75, 3.05) is 26.7 Å². The van der Waals surface area contributed by atoms with Crippen LogP contribution in [0.3, 0.4) is 0 Å². The van der Waals surface area contributed by atoms with Crippen molar-refractivity contribution >= 4 is 5.97 Å². The Kier molecular flexibility index (Phi) is 5.80. The van der Waals surface area contributed by atoms with Crippen LogP contribution in [-0.2, 0) is 9.53 Å². The van der Waals surface area contributed by atoms with E-state index >= 15 is 0 Å². The Morgan fingerprint density at radius 1 is 1.24 bits per heavy atom. The zero-order valence-corrected chi connectivity index (χ0v) is 13.4. The van der Waals surface area contributed by atoms with Crippen molar-refractivity contribution in [2.24, 2.45) is 11.8 Å². The number of rotatable bonds is 5. The van der Waals surface area contributed by atoms with E-state index in [0.717, 1.165) is 37.0 Å². The van der Waals surface area contributed by atoms with Crippen molar-refractivity contribution in [1.29, 1.82) is 0 Å². The summed E-state index contributed by atoms with van der Waals surface area (Å²) in [4.78, 5) is 14.5. The average molecular weight is 289 g/mol. The van der Waals surface area contributed by atoms with Crippen LogP contribution < -0.4 is 0 Å². The second kappa shape index (κ2) is 7.60. The number of hydrogen-bond acceptors (Lipinski definition) is 3. The first-order chi connectivity index (χ1) is 10.1. The van der Waals surface area contributed by atoms with Gasteiger partial charge in [0.15, 0.2) is 0 Å². The molecule has 1 fully saturated rings. The van der Waals surface area contributed by atoms with Gasteiger partial charge in [0.2, 0.25) is 0 Å². The number of esters is 1. The van der Waals surface area contributed by atoms with Crippen molar-refractivity contribution in [1.82, 2.24) is 4.90 Å². The molecule has 1 aliphatic heterocycles. The van der Waals surface area contributed by atoms with Gasteiger partial charge in [-0.3, -0.25) is 4.79 Å². The highest BCUT2D eigenvalue weighted by atomic mass is 16.5. The largest absolute Gasteiger partial charge is 0.469 e. The molecule has 116 valence electrons. The van der Waals surface area contributed by atoms with E-state index < -0.39 is 0 Å². The zero-order chi connectivity index (χ0) is 15.2. The maximum Gasteiger partial charge on any atom is 0.314 e. The number of nitrogens with zero attached hydrogens (tertiary/aromatic N) is 1. The van der Waals surface area contributed by atoms with Gasteiger partial charge in [-0.1, -0.05) is 44.2 Å². The van der Waals surface area contributed by atoms with Gasteiger partial charge in [0.1, 0.15) is 0 Å². The van der Waals surface area contributed by atoms with E-state index in [1.165, 1.54) is 20.0 Å². The van der Waals surface area contributed by atoms with Gasteiger partial charge in [-0.2, -0.15) is 0 Å². The third-order valence-corrected chi connectivity index (χ3v) is 4.70. The Hall–Kier alpha value is -1.35. The second-order valence-electron chi connectivity index (χ2n) is 6.37. The van der Waals surface area contributed by atoms with Crippen LogP contribution in [0.4, 0.5) is 0 Å². The number of carbonyl (C=O) groups is 1. The summed E-state index contributed by atoms with van der Waals surface area (Å²) < 4.78 is 5.00. The lowest BCUT2D eigenvalue weighted by Gasteiger charge is -2.35. The summed E-state index contributed by atoms with van der Waals surface area (Å²) in [5, 5.41) is 0. The van der Waals surface area contributed by atoms with E-state index in [1.54, 1.807) is 0 Å². The van der Waals surface area contributed by atoms with E-state index in [2.05, 4.69) is 18.7 Å². The molecule has 0 aromatic heterocycles. The normalized spacial score (nSPS) is 18.7. The number of methoxy groups -OCH3 is 1. The molecule has 1 aliphatic rings. The summed E-state index contributed by atoms with van der Waals surface area (Å²) in [6, 6.07) is 9.98. The van der Waals surface area contributed by atoms with Gasteiger partial charge in [-0.05, 0) is 43.3 Å². The fraction of sp³-hybridized carbons (Fsp3) is 0.611. The molecule has 21 heavy (non-hydrogen) atoms. The van der Waals surface area contributed by atoms with Crippen LogP contribution in [-0.4, -0.2) is 37.6 Å². The molecule has 0 N–H and O–H groups in total. The Morgan fingerprint density at radius 3 is 2.38 bits per heavy atom. The van der Waals surface area contributed by atoms with Gasteiger partial charge < -0.3 is 9.64 Å². The molecule has 1 heterocycles. The van der Waals surface area contributed by atoms with Crippen molar-refractivity contribution < 1.29 is 9.53 Å². The lowest BCUT2D eigenvalue weighted by atomic mass is 9.86. The first-order valence-electron chi connectivity index (χ1n) is 7.97. The van der Waals surface area contributed by atoms with E-state index in [4.69, 9.17) is 4.74 Å². The molecule has 0 saturated carbocycles. The summed E-state index contributed by atoms with van der Waals surface area (Å²) >= 11 is 0. The summed E-state index contributed by atoms with van der Waals surface area (Å²) in [5.74, 6) is 1.28. The van der Waals surface area contributed by atoms with Gasteiger partial charge in [0.25, 0.3) is 0 Å². The molecule has 0 aliphatic carbocycles. The minimum atomic E-state index is -0.174. The lowest BCUT2D eigenvalue weighted by molar-refractivity contribution is -0.143. The van der Waals surface area contributed by atoms with E-state index in [9.17, 15) is 4.79 Å². The summed E-state index contributed by atoms with van der Waals surface area (Å²) in [6.07, 6.45) is 2.47. The fourth-order valence-corrected chi connectivity index (χ4v) is 3.20. The standard InChI is InChI=1S/C18H27NO2/c1-14(2)15-9-11-19(12-10-15)13-17(18(20)21-3)16-7-5-4-6-8-16/h4-8,14-15,17H,9-13H2,1-3H3. The third-order valence-electron chi connectivity index (χ3n) is 4.70. The number of carbonyl (C=O) groups excluding carboxylic acids is 1. The van der Waals surface area contributed by atoms with Crippen LogP contribution in [0.1, 0.15) is 38.2 Å². The van der Waals surface area contributed by atoms with Gasteiger partial charge >= 0.3 is 5.97 Å². The average Bonchev–Trinajstić information content (AvgIpc) is 2.53. The molecule has 0 bridgehead atoms. The topological polar surface area (TPSA) is 29.5 Å². The van der Waals surface area contributed by atoms with Crippen LogP contribution in [0.25, 0.3) is 0 Å².